The van der Waals surface area contributed by atoms with Crippen LogP contribution in [0.2, 0.25) is 4.34 Å². The van der Waals surface area contributed by atoms with Crippen molar-refractivity contribution >= 4 is 22.9 Å². The van der Waals surface area contributed by atoms with Gasteiger partial charge in [0.05, 0.1) is 10.4 Å². The van der Waals surface area contributed by atoms with Crippen LogP contribution in [-0.4, -0.2) is 12.7 Å². The van der Waals surface area contributed by atoms with Crippen LogP contribution in [0.15, 0.2) is 30.3 Å². The number of benzene rings is 1. The molecule has 0 amide bonds. The van der Waals surface area contributed by atoms with Crippen molar-refractivity contribution < 1.29 is 9.47 Å². The number of fused-ring (bicyclic) bond motifs is 1. The topological polar surface area (TPSA) is 44.5 Å². The number of rotatable bonds is 2. The third kappa shape index (κ3) is 2.43. The second kappa shape index (κ2) is 5.04. The molecule has 0 radical (unpaired) electrons. The zero-order valence-electron chi connectivity index (χ0n) is 10.4. The second-order valence-electron chi connectivity index (χ2n) is 4.55. The minimum Gasteiger partial charge on any atom is -0.486 e. The van der Waals surface area contributed by atoms with E-state index in [1.165, 1.54) is 11.3 Å². The van der Waals surface area contributed by atoms with Gasteiger partial charge in [-0.3, -0.25) is 0 Å². The van der Waals surface area contributed by atoms with Crippen LogP contribution in [0.4, 0.5) is 0 Å². The van der Waals surface area contributed by atoms with Gasteiger partial charge in [-0.2, -0.15) is 0 Å². The molecule has 100 valence electrons. The molecule has 3 nitrogen and oxygen atoms in total. The molecular weight excluding hydrogens is 282 g/mol. The van der Waals surface area contributed by atoms with E-state index in [1.807, 2.05) is 37.3 Å². The van der Waals surface area contributed by atoms with Gasteiger partial charge in [-0.1, -0.05) is 23.7 Å². The van der Waals surface area contributed by atoms with E-state index in [-0.39, 0.29) is 12.1 Å². The summed E-state index contributed by atoms with van der Waals surface area (Å²) in [6.45, 7) is 2.43. The molecule has 1 aliphatic rings. The average molecular weight is 296 g/mol. The van der Waals surface area contributed by atoms with Crippen molar-refractivity contribution in [3.8, 4) is 11.5 Å². The summed E-state index contributed by atoms with van der Waals surface area (Å²) < 4.78 is 12.4. The number of ether oxygens (including phenoxy) is 2. The van der Waals surface area contributed by atoms with Crippen molar-refractivity contribution in [1.29, 1.82) is 0 Å². The normalized spacial score (nSPS) is 19.2. The molecule has 19 heavy (non-hydrogen) atoms. The Kier molecular flexibility index (Phi) is 3.39. The van der Waals surface area contributed by atoms with Crippen LogP contribution in [0.3, 0.4) is 0 Å². The fourth-order valence-electron chi connectivity index (χ4n) is 2.04. The first-order valence-electron chi connectivity index (χ1n) is 6.05. The Hall–Kier alpha value is -1.23. The Bertz CT molecular complexity index is 579. The van der Waals surface area contributed by atoms with Crippen LogP contribution in [0.5, 0.6) is 11.5 Å². The minimum absolute atomic E-state index is 0.191. The minimum atomic E-state index is -0.232. The van der Waals surface area contributed by atoms with Gasteiger partial charge in [0, 0.05) is 4.88 Å². The highest BCUT2D eigenvalue weighted by molar-refractivity contribution is 7.16. The van der Waals surface area contributed by atoms with Gasteiger partial charge in [0.2, 0.25) is 0 Å². The van der Waals surface area contributed by atoms with E-state index in [4.69, 9.17) is 26.8 Å². The van der Waals surface area contributed by atoms with Crippen molar-refractivity contribution in [2.45, 2.75) is 19.1 Å². The second-order valence-corrected chi connectivity index (χ2v) is 6.23. The van der Waals surface area contributed by atoms with Crippen molar-refractivity contribution in [2.75, 3.05) is 6.61 Å². The van der Waals surface area contributed by atoms with Crippen molar-refractivity contribution in [2.24, 2.45) is 5.73 Å². The van der Waals surface area contributed by atoms with Crippen molar-refractivity contribution in [1.82, 2.24) is 0 Å². The maximum atomic E-state index is 6.26. The summed E-state index contributed by atoms with van der Waals surface area (Å²) in [6, 6.07) is 9.41. The van der Waals surface area contributed by atoms with Gasteiger partial charge >= 0.3 is 0 Å². The average Bonchev–Trinajstić information content (AvgIpc) is 2.77. The van der Waals surface area contributed by atoms with Crippen LogP contribution in [-0.2, 0) is 0 Å². The molecule has 2 N–H and O–H groups in total. The van der Waals surface area contributed by atoms with Crippen LogP contribution in [0.25, 0.3) is 0 Å². The lowest BCUT2D eigenvalue weighted by Gasteiger charge is -2.29. The largest absolute Gasteiger partial charge is 0.486 e. The van der Waals surface area contributed by atoms with Gasteiger partial charge in [0.25, 0.3) is 0 Å². The lowest BCUT2D eigenvalue weighted by Crippen LogP contribution is -2.38. The highest BCUT2D eigenvalue weighted by Crippen LogP contribution is 2.36. The standard InChI is InChI=1S/C14H14ClNO2S/c1-8-6-12(19-14(8)15)13(16)11-7-17-9-4-2-3-5-10(9)18-11/h2-6,11,13H,7,16H2,1H3. The lowest BCUT2D eigenvalue weighted by atomic mass is 10.1. The van der Waals surface area contributed by atoms with Crippen LogP contribution < -0.4 is 15.2 Å². The van der Waals surface area contributed by atoms with E-state index in [1.54, 1.807) is 0 Å². The Morgan fingerprint density at radius 3 is 2.79 bits per heavy atom. The Labute approximate surface area is 120 Å². The number of para-hydroxylation sites is 2. The summed E-state index contributed by atoms with van der Waals surface area (Å²) in [4.78, 5) is 1.02. The molecule has 1 aromatic carbocycles. The summed E-state index contributed by atoms with van der Waals surface area (Å²) in [5, 5.41) is 0. The highest BCUT2D eigenvalue weighted by atomic mass is 35.5. The van der Waals surface area contributed by atoms with E-state index in [0.717, 1.165) is 26.3 Å². The van der Waals surface area contributed by atoms with E-state index in [9.17, 15) is 0 Å². The fraction of sp³-hybridized carbons (Fsp3) is 0.286. The van der Waals surface area contributed by atoms with Crippen LogP contribution >= 0.6 is 22.9 Å². The maximum absolute atomic E-state index is 6.26. The summed E-state index contributed by atoms with van der Waals surface area (Å²) in [7, 11) is 0. The molecule has 0 saturated carbocycles. The third-order valence-electron chi connectivity index (χ3n) is 3.14. The first-order valence-corrected chi connectivity index (χ1v) is 7.24. The smallest absolute Gasteiger partial charge is 0.161 e. The van der Waals surface area contributed by atoms with E-state index in [0.29, 0.717) is 6.61 Å². The number of halogens is 1. The first-order chi connectivity index (χ1) is 9.15. The molecule has 2 unspecified atom stereocenters. The van der Waals surface area contributed by atoms with Crippen LogP contribution in [0.1, 0.15) is 16.5 Å². The fourth-order valence-corrected chi connectivity index (χ4v) is 3.32. The highest BCUT2D eigenvalue weighted by Gasteiger charge is 2.28. The number of hydrogen-bond acceptors (Lipinski definition) is 4. The molecule has 0 aliphatic carbocycles. The zero-order valence-corrected chi connectivity index (χ0v) is 12.0. The van der Waals surface area contributed by atoms with Crippen LogP contribution in [0, 0.1) is 6.92 Å². The van der Waals surface area contributed by atoms with Gasteiger partial charge in [0.15, 0.2) is 17.6 Å². The molecule has 1 aliphatic heterocycles. The molecule has 2 atom stereocenters. The molecule has 2 aromatic rings. The summed E-state index contributed by atoms with van der Waals surface area (Å²) in [5.74, 6) is 1.51. The van der Waals surface area contributed by atoms with Gasteiger partial charge in [-0.25, -0.2) is 0 Å². The van der Waals surface area contributed by atoms with E-state index in [2.05, 4.69) is 0 Å². The molecule has 3 rings (SSSR count). The summed E-state index contributed by atoms with van der Waals surface area (Å²) >= 11 is 7.59. The van der Waals surface area contributed by atoms with Gasteiger partial charge in [-0.15, -0.1) is 11.3 Å². The van der Waals surface area contributed by atoms with E-state index < -0.39 is 0 Å². The Morgan fingerprint density at radius 2 is 2.11 bits per heavy atom. The van der Waals surface area contributed by atoms with Crippen molar-refractivity contribution in [3.63, 3.8) is 0 Å². The lowest BCUT2D eigenvalue weighted by molar-refractivity contribution is 0.0729. The Balaban J connectivity index is 1.81. The first kappa shape index (κ1) is 12.8. The number of aryl methyl sites for hydroxylation is 1. The maximum Gasteiger partial charge on any atom is 0.161 e. The Morgan fingerprint density at radius 1 is 1.37 bits per heavy atom. The van der Waals surface area contributed by atoms with Gasteiger partial charge in [-0.05, 0) is 30.7 Å². The van der Waals surface area contributed by atoms with Gasteiger partial charge in [0.1, 0.15) is 6.61 Å². The predicted molar refractivity (Wildman–Crippen MR) is 77.3 cm³/mol. The molecule has 1 aromatic heterocycles. The summed E-state index contributed by atoms with van der Waals surface area (Å²) in [5.41, 5.74) is 7.31. The molecule has 2 heterocycles. The monoisotopic (exact) mass is 295 g/mol. The summed E-state index contributed by atoms with van der Waals surface area (Å²) in [6.07, 6.45) is -0.191. The SMILES string of the molecule is Cc1cc(C(N)C2COc3ccccc3O2)sc1Cl. The molecule has 0 spiro atoms. The van der Waals surface area contributed by atoms with Crippen molar-refractivity contribution in [3.05, 3.63) is 45.1 Å². The number of thiophene rings is 1. The third-order valence-corrected chi connectivity index (χ3v) is 4.79. The zero-order chi connectivity index (χ0) is 13.4. The number of hydrogen-bond donors (Lipinski definition) is 1. The van der Waals surface area contributed by atoms with Gasteiger partial charge < -0.3 is 15.2 Å². The molecule has 0 fully saturated rings. The quantitative estimate of drug-likeness (QED) is 0.921. The molecule has 0 saturated heterocycles. The molecular formula is C14H14ClNO2S. The molecule has 5 heteroatoms. The molecule has 0 bridgehead atoms. The van der Waals surface area contributed by atoms with E-state index >= 15 is 0 Å². The number of nitrogens with two attached hydrogens (primary N) is 1. The predicted octanol–water partition coefficient (Wildman–Crippen LogP) is 3.55.